The second-order valence-electron chi connectivity index (χ2n) is 4.55. The number of benzene rings is 1. The minimum atomic E-state index is -4.50. The highest BCUT2D eigenvalue weighted by Crippen LogP contribution is 2.31. The molecule has 3 nitrogen and oxygen atoms in total. The highest BCUT2D eigenvalue weighted by Gasteiger charge is 2.31. The average molecular weight is 415 g/mol. The Morgan fingerprint density at radius 3 is 2.29 bits per heavy atom. The molecule has 0 atom stereocenters. The van der Waals surface area contributed by atoms with Gasteiger partial charge in [0.15, 0.2) is 5.11 Å². The second kappa shape index (κ2) is 7.74. The Labute approximate surface area is 156 Å². The first-order valence-corrected chi connectivity index (χ1v) is 7.93. The van der Waals surface area contributed by atoms with Gasteiger partial charge in [0.2, 0.25) is 0 Å². The van der Waals surface area contributed by atoms with Crippen molar-refractivity contribution in [3.05, 3.63) is 56.8 Å². The first kappa shape index (κ1) is 19.1. The highest BCUT2D eigenvalue weighted by molar-refractivity contribution is 7.80. The van der Waals surface area contributed by atoms with Crippen LogP contribution in [-0.4, -0.2) is 10.1 Å². The second-order valence-corrected chi connectivity index (χ2v) is 6.18. The van der Waals surface area contributed by atoms with Crippen LogP contribution in [0.3, 0.4) is 0 Å². The number of nitrogens with zero attached hydrogens (tertiary/aromatic N) is 1. The van der Waals surface area contributed by atoms with Crippen LogP contribution in [0.2, 0.25) is 15.1 Å². The molecular formula is C14H9Cl3F3N3S. The fourth-order valence-corrected chi connectivity index (χ4v) is 2.59. The van der Waals surface area contributed by atoms with Crippen LogP contribution in [0.1, 0.15) is 11.3 Å². The maximum atomic E-state index is 12.6. The summed E-state index contributed by atoms with van der Waals surface area (Å²) < 4.78 is 37.7. The number of hydrogen-bond acceptors (Lipinski definition) is 2. The zero-order valence-electron chi connectivity index (χ0n) is 11.7. The summed E-state index contributed by atoms with van der Waals surface area (Å²) in [4.78, 5) is 3.70. The lowest BCUT2D eigenvalue weighted by atomic mass is 10.2. The van der Waals surface area contributed by atoms with E-state index in [9.17, 15) is 13.2 Å². The van der Waals surface area contributed by atoms with Crippen molar-refractivity contribution < 1.29 is 13.2 Å². The molecule has 1 heterocycles. The van der Waals surface area contributed by atoms with Crippen LogP contribution in [0.25, 0.3) is 0 Å². The number of aromatic nitrogens is 1. The molecule has 0 bridgehead atoms. The molecule has 0 unspecified atom stereocenters. The molecule has 10 heteroatoms. The molecule has 0 aliphatic rings. The van der Waals surface area contributed by atoms with Gasteiger partial charge in [0.1, 0.15) is 0 Å². The van der Waals surface area contributed by atoms with Crippen LogP contribution in [0, 0.1) is 0 Å². The predicted molar refractivity (Wildman–Crippen MR) is 93.8 cm³/mol. The van der Waals surface area contributed by atoms with Crippen molar-refractivity contribution in [1.82, 2.24) is 10.3 Å². The van der Waals surface area contributed by atoms with E-state index in [0.717, 1.165) is 6.07 Å². The van der Waals surface area contributed by atoms with E-state index in [1.54, 1.807) is 18.2 Å². The molecule has 2 rings (SSSR count). The summed E-state index contributed by atoms with van der Waals surface area (Å²) in [6.45, 7) is 0.0326. The zero-order valence-corrected chi connectivity index (χ0v) is 14.8. The molecule has 0 spiro atoms. The lowest BCUT2D eigenvalue weighted by Gasteiger charge is -2.14. The van der Waals surface area contributed by atoms with Gasteiger partial charge in [-0.15, -0.1) is 0 Å². The maximum Gasteiger partial charge on any atom is 0.417 e. The third-order valence-corrected chi connectivity index (χ3v) is 4.07. The Balaban J connectivity index is 2.02. The molecule has 0 saturated carbocycles. The molecule has 0 aliphatic carbocycles. The minimum absolute atomic E-state index is 0.0326. The van der Waals surface area contributed by atoms with Gasteiger partial charge in [-0.05, 0) is 30.4 Å². The van der Waals surface area contributed by atoms with E-state index in [2.05, 4.69) is 15.6 Å². The van der Waals surface area contributed by atoms with Gasteiger partial charge in [-0.1, -0.05) is 40.9 Å². The Morgan fingerprint density at radius 1 is 1.12 bits per heavy atom. The van der Waals surface area contributed by atoms with Gasteiger partial charge in [0, 0.05) is 6.20 Å². The van der Waals surface area contributed by atoms with E-state index in [0.29, 0.717) is 21.9 Å². The zero-order chi connectivity index (χ0) is 17.9. The predicted octanol–water partition coefficient (Wildman–Crippen LogP) is 5.55. The number of para-hydroxylation sites is 1. The molecule has 0 saturated heterocycles. The third kappa shape index (κ3) is 4.86. The fourth-order valence-electron chi connectivity index (χ4n) is 1.69. The summed E-state index contributed by atoms with van der Waals surface area (Å²) >= 11 is 22.9. The van der Waals surface area contributed by atoms with Gasteiger partial charge in [0.25, 0.3) is 0 Å². The van der Waals surface area contributed by atoms with Gasteiger partial charge < -0.3 is 10.6 Å². The molecule has 1 aromatic heterocycles. The van der Waals surface area contributed by atoms with Crippen LogP contribution in [0.4, 0.5) is 18.9 Å². The number of rotatable bonds is 3. The van der Waals surface area contributed by atoms with E-state index in [1.807, 2.05) is 0 Å². The number of pyridine rings is 1. The van der Waals surface area contributed by atoms with Crippen molar-refractivity contribution in [2.45, 2.75) is 12.7 Å². The van der Waals surface area contributed by atoms with E-state index >= 15 is 0 Å². The first-order valence-electron chi connectivity index (χ1n) is 6.39. The molecular weight excluding hydrogens is 406 g/mol. The summed E-state index contributed by atoms with van der Waals surface area (Å²) in [6.07, 6.45) is -3.79. The van der Waals surface area contributed by atoms with Crippen LogP contribution >= 0.6 is 47.0 Å². The van der Waals surface area contributed by atoms with Crippen LogP contribution in [0.15, 0.2) is 30.5 Å². The molecule has 0 amide bonds. The molecule has 0 aliphatic heterocycles. The van der Waals surface area contributed by atoms with Gasteiger partial charge in [-0.2, -0.15) is 13.2 Å². The van der Waals surface area contributed by atoms with E-state index in [1.165, 1.54) is 0 Å². The molecule has 0 fully saturated rings. The van der Waals surface area contributed by atoms with Gasteiger partial charge >= 0.3 is 6.18 Å². The molecule has 128 valence electrons. The Bertz CT molecular complexity index is 748. The van der Waals surface area contributed by atoms with E-state index in [-0.39, 0.29) is 22.4 Å². The average Bonchev–Trinajstić information content (AvgIpc) is 2.49. The monoisotopic (exact) mass is 413 g/mol. The van der Waals surface area contributed by atoms with Crippen molar-refractivity contribution in [3.63, 3.8) is 0 Å². The topological polar surface area (TPSA) is 37.0 Å². The Kier molecular flexibility index (Phi) is 6.14. The fraction of sp³-hybridized carbons (Fsp3) is 0.143. The van der Waals surface area contributed by atoms with Crippen LogP contribution in [-0.2, 0) is 12.7 Å². The summed E-state index contributed by atoms with van der Waals surface area (Å²) in [5.74, 6) is 0. The van der Waals surface area contributed by atoms with E-state index < -0.39 is 11.7 Å². The number of alkyl halides is 3. The van der Waals surface area contributed by atoms with Crippen LogP contribution < -0.4 is 10.6 Å². The first-order chi connectivity index (χ1) is 11.2. The van der Waals surface area contributed by atoms with Crippen molar-refractivity contribution in [3.8, 4) is 0 Å². The van der Waals surface area contributed by atoms with Crippen molar-refractivity contribution in [2.24, 2.45) is 0 Å². The summed E-state index contributed by atoms with van der Waals surface area (Å²) in [5.41, 5.74) is -0.274. The number of thiocarbonyl (C=S) groups is 1. The lowest BCUT2D eigenvalue weighted by Crippen LogP contribution is -2.28. The van der Waals surface area contributed by atoms with Crippen molar-refractivity contribution in [1.29, 1.82) is 0 Å². The molecule has 0 radical (unpaired) electrons. The van der Waals surface area contributed by atoms with Gasteiger partial charge in [0.05, 0.1) is 38.6 Å². The highest BCUT2D eigenvalue weighted by atomic mass is 35.5. The SMILES string of the molecule is FC(F)(F)c1cnc(CNC(=S)Nc2c(Cl)cccc2Cl)c(Cl)c1. The van der Waals surface area contributed by atoms with Gasteiger partial charge in [-0.25, -0.2) is 0 Å². The molecule has 1 aromatic carbocycles. The number of hydrogen-bond donors (Lipinski definition) is 2. The van der Waals surface area contributed by atoms with Crippen molar-refractivity contribution >= 4 is 57.8 Å². The lowest BCUT2D eigenvalue weighted by molar-refractivity contribution is -0.137. The largest absolute Gasteiger partial charge is 0.417 e. The maximum absolute atomic E-state index is 12.6. The molecule has 2 aromatic rings. The number of nitrogens with one attached hydrogen (secondary N) is 2. The minimum Gasteiger partial charge on any atom is -0.357 e. The van der Waals surface area contributed by atoms with Gasteiger partial charge in [-0.3, -0.25) is 4.98 Å². The quantitative estimate of drug-likeness (QED) is 0.646. The third-order valence-electron chi connectivity index (χ3n) is 2.86. The number of halogens is 6. The number of anilines is 1. The van der Waals surface area contributed by atoms with Crippen molar-refractivity contribution in [2.75, 3.05) is 5.32 Å². The van der Waals surface area contributed by atoms with Crippen LogP contribution in [0.5, 0.6) is 0 Å². The Morgan fingerprint density at radius 2 is 1.75 bits per heavy atom. The summed E-state index contributed by atoms with van der Waals surface area (Å²) in [6, 6.07) is 5.75. The smallest absolute Gasteiger partial charge is 0.357 e. The summed E-state index contributed by atoms with van der Waals surface area (Å²) in [7, 11) is 0. The molecule has 2 N–H and O–H groups in total. The molecule has 24 heavy (non-hydrogen) atoms. The normalized spacial score (nSPS) is 11.2. The summed E-state index contributed by atoms with van der Waals surface area (Å²) in [5, 5.41) is 6.38. The standard InChI is InChI=1S/C14H9Cl3F3N3S/c15-8-2-1-3-9(16)12(8)23-13(24)22-6-11-10(17)4-7(5-21-11)14(18,19)20/h1-5H,6H2,(H2,22,23,24). The Hall–Kier alpha value is -1.28. The van der Waals surface area contributed by atoms with E-state index in [4.69, 9.17) is 47.0 Å².